The van der Waals surface area contributed by atoms with E-state index < -0.39 is 5.97 Å². The highest BCUT2D eigenvalue weighted by molar-refractivity contribution is 7.99. The Morgan fingerprint density at radius 2 is 1.77 bits per heavy atom. The molecule has 3 aromatic carbocycles. The summed E-state index contributed by atoms with van der Waals surface area (Å²) < 4.78 is 0. The van der Waals surface area contributed by atoms with E-state index in [0.717, 1.165) is 20.7 Å². The summed E-state index contributed by atoms with van der Waals surface area (Å²) in [5.41, 5.74) is 2.77. The summed E-state index contributed by atoms with van der Waals surface area (Å²) in [6, 6.07) is 22.3. The lowest BCUT2D eigenvalue weighted by Crippen LogP contribution is -2.11. The maximum absolute atomic E-state index is 12.5. The number of aromatic amines is 1. The molecule has 0 fully saturated rings. The Labute approximate surface area is 182 Å². The number of fused-ring (bicyclic) bond motifs is 1. The smallest absolute Gasteiger partial charge is 0.307 e. The fourth-order valence-corrected chi connectivity index (χ4v) is 4.18. The molecule has 4 aromatic rings. The SMILES string of the molecule is O=C(O)Cc1ccc(Sc2ccc(NC(=O)c3cc4ccccc4[nH]3)cc2)c(Cl)c1. The zero-order valence-corrected chi connectivity index (χ0v) is 17.3. The number of amides is 1. The minimum atomic E-state index is -0.892. The highest BCUT2D eigenvalue weighted by Gasteiger charge is 2.10. The normalized spacial score (nSPS) is 10.8. The molecule has 0 saturated heterocycles. The summed E-state index contributed by atoms with van der Waals surface area (Å²) in [5.74, 6) is -1.10. The standard InChI is InChI=1S/C23H17ClN2O3S/c24-18-11-14(12-22(27)28)5-10-21(18)30-17-8-6-16(7-9-17)25-23(29)20-13-15-3-1-2-4-19(15)26-20/h1-11,13,26H,12H2,(H,25,29)(H,27,28). The molecule has 5 nitrogen and oxygen atoms in total. The molecule has 4 rings (SSSR count). The molecule has 30 heavy (non-hydrogen) atoms. The molecule has 0 radical (unpaired) electrons. The van der Waals surface area contributed by atoms with Crippen LogP contribution in [0.2, 0.25) is 5.02 Å². The highest BCUT2D eigenvalue weighted by atomic mass is 35.5. The van der Waals surface area contributed by atoms with Gasteiger partial charge in [-0.2, -0.15) is 0 Å². The van der Waals surface area contributed by atoms with Gasteiger partial charge in [-0.25, -0.2) is 0 Å². The second-order valence-corrected chi connectivity index (χ2v) is 8.21. The van der Waals surface area contributed by atoms with Crippen molar-refractivity contribution in [3.8, 4) is 0 Å². The van der Waals surface area contributed by atoms with Crippen molar-refractivity contribution in [2.75, 3.05) is 5.32 Å². The quantitative estimate of drug-likeness (QED) is 0.354. The summed E-state index contributed by atoms with van der Waals surface area (Å²) >= 11 is 7.76. The summed E-state index contributed by atoms with van der Waals surface area (Å²) in [6.07, 6.45) is -0.0601. The Hall–Kier alpha value is -3.22. The average Bonchev–Trinajstić information content (AvgIpc) is 3.15. The lowest BCUT2D eigenvalue weighted by Gasteiger charge is -2.08. The van der Waals surface area contributed by atoms with Crippen LogP contribution in [0, 0.1) is 0 Å². The lowest BCUT2D eigenvalue weighted by atomic mass is 10.1. The van der Waals surface area contributed by atoms with Crippen LogP contribution in [0.15, 0.2) is 82.6 Å². The minimum Gasteiger partial charge on any atom is -0.481 e. The molecule has 0 spiro atoms. The fourth-order valence-electron chi connectivity index (χ4n) is 3.04. The number of carbonyl (C=O) groups excluding carboxylic acids is 1. The van der Waals surface area contributed by atoms with Gasteiger partial charge in [-0.05, 0) is 54.1 Å². The van der Waals surface area contributed by atoms with E-state index in [-0.39, 0.29) is 12.3 Å². The Bertz CT molecular complexity index is 1200. The molecule has 150 valence electrons. The number of H-pyrrole nitrogens is 1. The summed E-state index contributed by atoms with van der Waals surface area (Å²) in [4.78, 5) is 28.2. The first-order valence-corrected chi connectivity index (χ1v) is 10.3. The van der Waals surface area contributed by atoms with E-state index in [9.17, 15) is 9.59 Å². The highest BCUT2D eigenvalue weighted by Crippen LogP contribution is 2.34. The molecule has 1 heterocycles. The third kappa shape index (κ3) is 4.67. The number of nitrogens with one attached hydrogen (secondary N) is 2. The van der Waals surface area contributed by atoms with E-state index in [1.807, 2.05) is 60.7 Å². The van der Waals surface area contributed by atoms with E-state index in [1.54, 1.807) is 12.1 Å². The minimum absolute atomic E-state index is 0.0601. The monoisotopic (exact) mass is 436 g/mol. The van der Waals surface area contributed by atoms with Crippen LogP contribution in [-0.4, -0.2) is 22.0 Å². The van der Waals surface area contributed by atoms with Crippen molar-refractivity contribution in [1.29, 1.82) is 0 Å². The zero-order valence-electron chi connectivity index (χ0n) is 15.7. The second-order valence-electron chi connectivity index (χ2n) is 6.69. The van der Waals surface area contributed by atoms with Crippen molar-refractivity contribution in [3.63, 3.8) is 0 Å². The molecule has 0 atom stereocenters. The molecule has 0 bridgehead atoms. The third-order valence-corrected chi connectivity index (χ3v) is 5.97. The Kier molecular flexibility index (Phi) is 5.79. The molecule has 0 aliphatic heterocycles. The van der Waals surface area contributed by atoms with Gasteiger partial charge in [0, 0.05) is 26.4 Å². The first kappa shape index (κ1) is 20.1. The van der Waals surface area contributed by atoms with Crippen molar-refractivity contribution in [1.82, 2.24) is 4.98 Å². The second kappa shape index (κ2) is 8.65. The number of carboxylic acids is 1. The van der Waals surface area contributed by atoms with Crippen LogP contribution in [0.5, 0.6) is 0 Å². The van der Waals surface area contributed by atoms with Crippen molar-refractivity contribution >= 4 is 51.8 Å². The number of aliphatic carboxylic acids is 1. The lowest BCUT2D eigenvalue weighted by molar-refractivity contribution is -0.136. The van der Waals surface area contributed by atoms with Crippen molar-refractivity contribution in [2.45, 2.75) is 16.2 Å². The van der Waals surface area contributed by atoms with Crippen LogP contribution in [0.3, 0.4) is 0 Å². The number of aromatic nitrogens is 1. The Balaban J connectivity index is 1.42. The number of carboxylic acid groups (broad SMARTS) is 1. The van der Waals surface area contributed by atoms with Gasteiger partial charge in [-0.15, -0.1) is 0 Å². The largest absolute Gasteiger partial charge is 0.481 e. The number of para-hydroxylation sites is 1. The first-order valence-electron chi connectivity index (χ1n) is 9.15. The average molecular weight is 437 g/mol. The molecule has 0 aliphatic carbocycles. The van der Waals surface area contributed by atoms with Gasteiger partial charge < -0.3 is 15.4 Å². The fraction of sp³-hybridized carbons (Fsp3) is 0.0435. The van der Waals surface area contributed by atoms with Crippen molar-refractivity contribution in [2.24, 2.45) is 0 Å². The molecule has 0 unspecified atom stereocenters. The number of hydrogen-bond donors (Lipinski definition) is 3. The first-order chi connectivity index (χ1) is 14.5. The molecule has 3 N–H and O–H groups in total. The topological polar surface area (TPSA) is 82.2 Å². The van der Waals surface area contributed by atoms with Crippen LogP contribution in [0.25, 0.3) is 10.9 Å². The molecule has 0 aliphatic rings. The van der Waals surface area contributed by atoms with Gasteiger partial charge in [-0.1, -0.05) is 47.6 Å². The van der Waals surface area contributed by atoms with Gasteiger partial charge in [0.05, 0.1) is 11.4 Å². The van der Waals surface area contributed by atoms with E-state index in [2.05, 4.69) is 10.3 Å². The number of halogens is 1. The number of carbonyl (C=O) groups is 2. The number of hydrogen-bond acceptors (Lipinski definition) is 3. The van der Waals surface area contributed by atoms with Crippen molar-refractivity contribution in [3.05, 3.63) is 89.1 Å². The maximum atomic E-state index is 12.5. The molecule has 7 heteroatoms. The summed E-state index contributed by atoms with van der Waals surface area (Å²) in [7, 11) is 0. The van der Waals surface area contributed by atoms with Gasteiger partial charge in [0.25, 0.3) is 5.91 Å². The van der Waals surface area contributed by atoms with Crippen LogP contribution in [0.1, 0.15) is 16.1 Å². The number of rotatable bonds is 6. The van der Waals surface area contributed by atoms with Crippen LogP contribution in [-0.2, 0) is 11.2 Å². The summed E-state index contributed by atoms with van der Waals surface area (Å²) in [5, 5.41) is 13.3. The van der Waals surface area contributed by atoms with Crippen LogP contribution < -0.4 is 5.32 Å². The van der Waals surface area contributed by atoms with Gasteiger partial charge in [-0.3, -0.25) is 9.59 Å². The summed E-state index contributed by atoms with van der Waals surface area (Å²) in [6.45, 7) is 0. The molecular formula is C23H17ClN2O3S. The van der Waals surface area contributed by atoms with Gasteiger partial charge in [0.15, 0.2) is 0 Å². The third-order valence-electron chi connectivity index (χ3n) is 4.47. The van der Waals surface area contributed by atoms with Gasteiger partial charge >= 0.3 is 5.97 Å². The van der Waals surface area contributed by atoms with E-state index >= 15 is 0 Å². The maximum Gasteiger partial charge on any atom is 0.307 e. The van der Waals surface area contributed by atoms with Crippen molar-refractivity contribution < 1.29 is 14.7 Å². The number of benzene rings is 3. The van der Waals surface area contributed by atoms with E-state index in [0.29, 0.717) is 22.0 Å². The molecular weight excluding hydrogens is 420 g/mol. The molecule has 1 amide bonds. The Morgan fingerprint density at radius 3 is 2.47 bits per heavy atom. The Morgan fingerprint density at radius 1 is 1.00 bits per heavy atom. The number of anilines is 1. The molecule has 0 saturated carbocycles. The van der Waals surface area contributed by atoms with Gasteiger partial charge in [0.1, 0.15) is 5.69 Å². The predicted octanol–water partition coefficient (Wildman–Crippen LogP) is 5.85. The van der Waals surface area contributed by atoms with Crippen LogP contribution in [0.4, 0.5) is 5.69 Å². The van der Waals surface area contributed by atoms with Gasteiger partial charge in [0.2, 0.25) is 0 Å². The van der Waals surface area contributed by atoms with E-state index in [4.69, 9.17) is 16.7 Å². The predicted molar refractivity (Wildman–Crippen MR) is 120 cm³/mol. The molecule has 1 aromatic heterocycles. The zero-order chi connectivity index (χ0) is 21.1. The van der Waals surface area contributed by atoms with E-state index in [1.165, 1.54) is 11.8 Å². The van der Waals surface area contributed by atoms with Crippen LogP contribution >= 0.6 is 23.4 Å².